The summed E-state index contributed by atoms with van der Waals surface area (Å²) in [4.78, 5) is 61.9. The van der Waals surface area contributed by atoms with Crippen molar-refractivity contribution in [3.05, 3.63) is 16.3 Å². The van der Waals surface area contributed by atoms with Crippen molar-refractivity contribution in [2.45, 2.75) is 56.9 Å². The minimum atomic E-state index is -1.71. The lowest BCUT2D eigenvalue weighted by atomic mass is 9.95. The first-order chi connectivity index (χ1) is 17.8. The van der Waals surface area contributed by atoms with Crippen LogP contribution in [0.25, 0.3) is 11.0 Å². The second-order valence-electron chi connectivity index (χ2n) is 8.76. The number of nitrogens with zero attached hydrogens (tertiary/aromatic N) is 6. The molecule has 1 aliphatic rings. The average Bonchev–Trinajstić information content (AvgIpc) is 3.31. The number of aliphatic imine (C=N–C) groups is 1. The molecule has 0 radical (unpaired) electrons. The maximum absolute atomic E-state index is 12.2. The van der Waals surface area contributed by atoms with Crippen LogP contribution in [0.5, 0.6) is 0 Å². The standard InChI is InChI=1S/C22H28N6O9S/c1-11(29)34-9-15-17(35-12(2)30)22(4,37-13(3)31)20(36-15)27-8-14(28(32)33)16-18(23-10-26(5)6)24-21(38-7)25-19(16)27/h8,10,15,17,20H,9H2,1-7H3/b23-10+/t15-,17-,20?,22-/m1/s1. The SMILES string of the molecule is CSc1nc(/N=C/N(C)C)c2c([N+](=O)[O-])cn(C3O[C@H](COC(C)=O)[C@@H](OC(C)=O)[C@@]3(C)OC(C)=O)c2n1. The molecule has 0 aliphatic carbocycles. The molecule has 0 bridgehead atoms. The summed E-state index contributed by atoms with van der Waals surface area (Å²) in [7, 11) is 3.46. The number of carbonyl (C=O) groups excluding carboxylic acids is 3. The maximum atomic E-state index is 12.2. The number of esters is 3. The van der Waals surface area contributed by atoms with E-state index in [1.165, 1.54) is 42.7 Å². The van der Waals surface area contributed by atoms with Gasteiger partial charge < -0.3 is 23.8 Å². The molecule has 38 heavy (non-hydrogen) atoms. The Morgan fingerprint density at radius 1 is 1.26 bits per heavy atom. The molecule has 1 fully saturated rings. The second kappa shape index (κ2) is 11.3. The van der Waals surface area contributed by atoms with Gasteiger partial charge in [-0.1, -0.05) is 11.8 Å². The van der Waals surface area contributed by atoms with Gasteiger partial charge in [0.1, 0.15) is 18.1 Å². The van der Waals surface area contributed by atoms with E-state index in [1.807, 2.05) is 0 Å². The third-order valence-corrected chi connectivity index (χ3v) is 6.01. The van der Waals surface area contributed by atoms with E-state index < -0.39 is 46.9 Å². The highest BCUT2D eigenvalue weighted by Crippen LogP contribution is 2.46. The van der Waals surface area contributed by atoms with Crippen molar-refractivity contribution in [1.29, 1.82) is 0 Å². The smallest absolute Gasteiger partial charge is 0.303 e. The Labute approximate surface area is 221 Å². The van der Waals surface area contributed by atoms with Gasteiger partial charge in [0.25, 0.3) is 5.69 Å². The molecular formula is C22H28N6O9S. The Hall–Kier alpha value is -3.79. The van der Waals surface area contributed by atoms with Crippen molar-refractivity contribution in [1.82, 2.24) is 19.4 Å². The molecule has 15 nitrogen and oxygen atoms in total. The molecule has 206 valence electrons. The summed E-state index contributed by atoms with van der Waals surface area (Å²) < 4.78 is 23.7. The number of carbonyl (C=O) groups is 3. The van der Waals surface area contributed by atoms with Gasteiger partial charge in [-0.05, 0) is 13.2 Å². The number of hydrogen-bond acceptors (Lipinski definition) is 13. The first-order valence-corrected chi connectivity index (χ1v) is 12.5. The first kappa shape index (κ1) is 28.8. The van der Waals surface area contributed by atoms with Gasteiger partial charge in [-0.15, -0.1) is 0 Å². The fourth-order valence-electron chi connectivity index (χ4n) is 4.10. The number of fused-ring (bicyclic) bond motifs is 1. The molecule has 4 atom stereocenters. The average molecular weight is 553 g/mol. The number of ether oxygens (including phenoxy) is 4. The summed E-state index contributed by atoms with van der Waals surface area (Å²) >= 11 is 1.19. The minimum Gasteiger partial charge on any atom is -0.463 e. The molecule has 0 N–H and O–H groups in total. The maximum Gasteiger partial charge on any atom is 0.303 e. The van der Waals surface area contributed by atoms with Crippen LogP contribution in [0.4, 0.5) is 11.5 Å². The van der Waals surface area contributed by atoms with Crippen LogP contribution >= 0.6 is 11.8 Å². The van der Waals surface area contributed by atoms with Crippen LogP contribution in [0.2, 0.25) is 0 Å². The second-order valence-corrected chi connectivity index (χ2v) is 9.53. The van der Waals surface area contributed by atoms with E-state index in [1.54, 1.807) is 25.3 Å². The highest BCUT2D eigenvalue weighted by Gasteiger charge is 2.60. The zero-order valence-electron chi connectivity index (χ0n) is 21.9. The van der Waals surface area contributed by atoms with Gasteiger partial charge in [-0.3, -0.25) is 29.1 Å². The Kier molecular flexibility index (Phi) is 8.56. The van der Waals surface area contributed by atoms with Crippen LogP contribution in [-0.2, 0) is 33.3 Å². The summed E-state index contributed by atoms with van der Waals surface area (Å²) in [5.74, 6) is -2.01. The Bertz CT molecular complexity index is 1300. The van der Waals surface area contributed by atoms with Crippen LogP contribution in [-0.4, -0.2) is 93.4 Å². The van der Waals surface area contributed by atoms with Crippen molar-refractivity contribution in [2.24, 2.45) is 4.99 Å². The molecule has 16 heteroatoms. The molecule has 0 spiro atoms. The van der Waals surface area contributed by atoms with Crippen LogP contribution in [0.3, 0.4) is 0 Å². The topological polar surface area (TPSA) is 178 Å². The largest absolute Gasteiger partial charge is 0.463 e. The highest BCUT2D eigenvalue weighted by molar-refractivity contribution is 7.98. The molecule has 2 aromatic rings. The Morgan fingerprint density at radius 2 is 1.95 bits per heavy atom. The Balaban J connectivity index is 2.31. The number of nitro groups is 1. The third-order valence-electron chi connectivity index (χ3n) is 5.46. The summed E-state index contributed by atoms with van der Waals surface area (Å²) in [6, 6.07) is 0. The van der Waals surface area contributed by atoms with Crippen LogP contribution < -0.4 is 0 Å². The zero-order chi connectivity index (χ0) is 28.4. The van der Waals surface area contributed by atoms with E-state index >= 15 is 0 Å². The van der Waals surface area contributed by atoms with E-state index in [4.69, 9.17) is 18.9 Å². The zero-order valence-corrected chi connectivity index (χ0v) is 22.7. The number of thioether (sulfide) groups is 1. The van der Waals surface area contributed by atoms with Gasteiger partial charge in [-0.25, -0.2) is 15.0 Å². The summed E-state index contributed by atoms with van der Waals surface area (Å²) in [5, 5.41) is 12.4. The summed E-state index contributed by atoms with van der Waals surface area (Å²) in [6.45, 7) is 4.63. The van der Waals surface area contributed by atoms with Gasteiger partial charge in [-0.2, -0.15) is 0 Å². The van der Waals surface area contributed by atoms with Gasteiger partial charge >= 0.3 is 17.9 Å². The summed E-state index contributed by atoms with van der Waals surface area (Å²) in [5.41, 5.74) is -2.01. The van der Waals surface area contributed by atoms with Crippen LogP contribution in [0.1, 0.15) is 33.9 Å². The first-order valence-electron chi connectivity index (χ1n) is 11.3. The molecule has 0 amide bonds. The molecule has 0 saturated carbocycles. The molecular weight excluding hydrogens is 524 g/mol. The number of aromatic nitrogens is 3. The molecule has 1 saturated heterocycles. The van der Waals surface area contributed by atoms with Crippen molar-refractivity contribution < 1.29 is 38.3 Å². The van der Waals surface area contributed by atoms with E-state index in [2.05, 4.69) is 15.0 Å². The lowest BCUT2D eigenvalue weighted by molar-refractivity contribution is -0.383. The lowest BCUT2D eigenvalue weighted by Gasteiger charge is -2.34. The highest BCUT2D eigenvalue weighted by atomic mass is 32.2. The van der Waals surface area contributed by atoms with Crippen molar-refractivity contribution in [3.8, 4) is 0 Å². The molecule has 1 aliphatic heterocycles. The van der Waals surface area contributed by atoms with Gasteiger partial charge in [0.2, 0.25) is 0 Å². The lowest BCUT2D eigenvalue weighted by Crippen LogP contribution is -2.50. The number of hydrogen-bond donors (Lipinski definition) is 0. The summed E-state index contributed by atoms with van der Waals surface area (Å²) in [6.07, 6.45) is 0.725. The molecule has 1 unspecified atom stereocenters. The van der Waals surface area contributed by atoms with Crippen LogP contribution in [0, 0.1) is 10.1 Å². The molecule has 3 heterocycles. The predicted molar refractivity (Wildman–Crippen MR) is 134 cm³/mol. The van der Waals surface area contributed by atoms with Gasteiger partial charge in [0, 0.05) is 34.9 Å². The fraction of sp³-hybridized carbons (Fsp3) is 0.545. The van der Waals surface area contributed by atoms with Crippen molar-refractivity contribution in [3.63, 3.8) is 0 Å². The third kappa shape index (κ3) is 5.85. The minimum absolute atomic E-state index is 0.0205. The molecule has 0 aromatic carbocycles. The number of rotatable bonds is 9. The van der Waals surface area contributed by atoms with Crippen molar-refractivity contribution >= 4 is 58.5 Å². The van der Waals surface area contributed by atoms with E-state index in [-0.39, 0.29) is 34.3 Å². The van der Waals surface area contributed by atoms with Gasteiger partial charge in [0.15, 0.2) is 34.6 Å². The van der Waals surface area contributed by atoms with E-state index in [0.29, 0.717) is 0 Å². The van der Waals surface area contributed by atoms with E-state index in [9.17, 15) is 24.5 Å². The normalized spacial score (nSPS) is 23.0. The molecule has 2 aromatic heterocycles. The monoisotopic (exact) mass is 552 g/mol. The predicted octanol–water partition coefficient (Wildman–Crippen LogP) is 2.00. The van der Waals surface area contributed by atoms with Crippen molar-refractivity contribution in [2.75, 3.05) is 27.0 Å². The fourth-order valence-corrected chi connectivity index (χ4v) is 4.46. The quantitative estimate of drug-likeness (QED) is 0.0645. The molecule has 3 rings (SSSR count). The van der Waals surface area contributed by atoms with Crippen LogP contribution in [0.15, 0.2) is 16.3 Å². The Morgan fingerprint density at radius 3 is 2.47 bits per heavy atom. The van der Waals surface area contributed by atoms with Gasteiger partial charge in [0.05, 0.1) is 17.5 Å². The van der Waals surface area contributed by atoms with E-state index in [0.717, 1.165) is 13.8 Å².